The van der Waals surface area contributed by atoms with Crippen LogP contribution in [-0.4, -0.2) is 19.8 Å². The van der Waals surface area contributed by atoms with Gasteiger partial charge in [0, 0.05) is 19.8 Å². The summed E-state index contributed by atoms with van der Waals surface area (Å²) >= 11 is 0. The van der Waals surface area contributed by atoms with Gasteiger partial charge >= 0.3 is 0 Å². The van der Waals surface area contributed by atoms with E-state index in [-0.39, 0.29) is 0 Å². The lowest BCUT2D eigenvalue weighted by Crippen LogP contribution is -2.17. The molecule has 102 valence electrons. The van der Waals surface area contributed by atoms with Crippen molar-refractivity contribution >= 4 is 0 Å². The molecule has 18 heavy (non-hydrogen) atoms. The van der Waals surface area contributed by atoms with Crippen molar-refractivity contribution < 1.29 is 4.74 Å². The van der Waals surface area contributed by atoms with Crippen LogP contribution in [0.2, 0.25) is 0 Å². The highest BCUT2D eigenvalue weighted by atomic mass is 16.5. The molecule has 0 radical (unpaired) electrons. The normalized spacial score (nSPS) is 11.1. The highest BCUT2D eigenvalue weighted by molar-refractivity contribution is 5.26. The zero-order valence-corrected chi connectivity index (χ0v) is 12.0. The van der Waals surface area contributed by atoms with Crippen LogP contribution in [0.25, 0.3) is 0 Å². The van der Waals surface area contributed by atoms with Crippen molar-refractivity contribution in [1.82, 2.24) is 5.32 Å². The number of aryl methyl sites for hydroxylation is 1. The Labute approximate surface area is 112 Å². The van der Waals surface area contributed by atoms with E-state index in [0.29, 0.717) is 5.92 Å². The molecule has 0 spiro atoms. The van der Waals surface area contributed by atoms with E-state index in [1.165, 1.54) is 11.1 Å². The quantitative estimate of drug-likeness (QED) is 0.677. The third-order valence-corrected chi connectivity index (χ3v) is 2.91. The Bertz CT molecular complexity index is 323. The summed E-state index contributed by atoms with van der Waals surface area (Å²) in [5, 5.41) is 3.48. The largest absolute Gasteiger partial charge is 0.381 e. The van der Waals surface area contributed by atoms with Crippen molar-refractivity contribution in [3.63, 3.8) is 0 Å². The van der Waals surface area contributed by atoms with Crippen LogP contribution < -0.4 is 5.32 Å². The Morgan fingerprint density at radius 3 is 2.56 bits per heavy atom. The van der Waals surface area contributed by atoms with Crippen LogP contribution in [0.3, 0.4) is 0 Å². The van der Waals surface area contributed by atoms with E-state index < -0.39 is 0 Å². The predicted octanol–water partition coefficient (Wildman–Crippen LogP) is 3.40. The Hall–Kier alpha value is -0.860. The monoisotopic (exact) mass is 249 g/mol. The Balaban J connectivity index is 2.10. The molecular weight excluding hydrogens is 222 g/mol. The lowest BCUT2D eigenvalue weighted by Gasteiger charge is -2.10. The van der Waals surface area contributed by atoms with Gasteiger partial charge in [0.25, 0.3) is 0 Å². The highest BCUT2D eigenvalue weighted by Gasteiger charge is 1.99. The molecule has 0 bridgehead atoms. The van der Waals surface area contributed by atoms with E-state index in [9.17, 15) is 0 Å². The fraction of sp³-hybridized carbons (Fsp3) is 0.625. The first-order valence-electron chi connectivity index (χ1n) is 7.09. The van der Waals surface area contributed by atoms with Crippen LogP contribution in [0.5, 0.6) is 0 Å². The molecule has 0 unspecified atom stereocenters. The van der Waals surface area contributed by atoms with Crippen LogP contribution in [-0.2, 0) is 17.7 Å². The summed E-state index contributed by atoms with van der Waals surface area (Å²) in [4.78, 5) is 0. The van der Waals surface area contributed by atoms with Crippen LogP contribution in [0.4, 0.5) is 0 Å². The van der Waals surface area contributed by atoms with Gasteiger partial charge in [0.15, 0.2) is 0 Å². The van der Waals surface area contributed by atoms with Gasteiger partial charge in [-0.1, -0.05) is 45.0 Å². The fourth-order valence-electron chi connectivity index (χ4n) is 1.92. The number of nitrogens with one attached hydrogen (secondary N) is 1. The maximum absolute atomic E-state index is 5.55. The smallest absolute Gasteiger partial charge is 0.0489 e. The SMILES string of the molecule is CCc1ccccc1CNCCCOCC(C)C. The molecule has 2 nitrogen and oxygen atoms in total. The maximum atomic E-state index is 5.55. The van der Waals surface area contributed by atoms with Gasteiger partial charge < -0.3 is 10.1 Å². The lowest BCUT2D eigenvalue weighted by molar-refractivity contribution is 0.108. The molecule has 0 heterocycles. The molecule has 0 saturated heterocycles. The van der Waals surface area contributed by atoms with Gasteiger partial charge in [0.05, 0.1) is 0 Å². The molecular formula is C16H27NO. The first-order valence-corrected chi connectivity index (χ1v) is 7.09. The van der Waals surface area contributed by atoms with Gasteiger partial charge in [-0.2, -0.15) is 0 Å². The number of ether oxygens (including phenoxy) is 1. The Morgan fingerprint density at radius 1 is 1.17 bits per heavy atom. The molecule has 1 rings (SSSR count). The summed E-state index contributed by atoms with van der Waals surface area (Å²) in [6.07, 6.45) is 2.19. The summed E-state index contributed by atoms with van der Waals surface area (Å²) in [7, 11) is 0. The van der Waals surface area contributed by atoms with Crippen molar-refractivity contribution in [2.75, 3.05) is 19.8 Å². The lowest BCUT2D eigenvalue weighted by atomic mass is 10.1. The van der Waals surface area contributed by atoms with E-state index in [1.807, 2.05) is 0 Å². The summed E-state index contributed by atoms with van der Waals surface area (Å²) in [6.45, 7) is 10.3. The third kappa shape index (κ3) is 6.18. The van der Waals surface area contributed by atoms with Crippen LogP contribution >= 0.6 is 0 Å². The Morgan fingerprint density at radius 2 is 1.89 bits per heavy atom. The third-order valence-electron chi connectivity index (χ3n) is 2.91. The van der Waals surface area contributed by atoms with Crippen molar-refractivity contribution in [3.8, 4) is 0 Å². The second-order valence-corrected chi connectivity index (χ2v) is 5.12. The maximum Gasteiger partial charge on any atom is 0.0489 e. The minimum absolute atomic E-state index is 0.634. The molecule has 0 aromatic heterocycles. The van der Waals surface area contributed by atoms with Gasteiger partial charge in [-0.15, -0.1) is 0 Å². The molecule has 1 N–H and O–H groups in total. The summed E-state index contributed by atoms with van der Waals surface area (Å²) in [5.74, 6) is 0.634. The van der Waals surface area contributed by atoms with E-state index in [2.05, 4.69) is 50.4 Å². The highest BCUT2D eigenvalue weighted by Crippen LogP contribution is 2.08. The number of benzene rings is 1. The molecule has 0 saturated carbocycles. The summed E-state index contributed by atoms with van der Waals surface area (Å²) in [5.41, 5.74) is 2.86. The minimum Gasteiger partial charge on any atom is -0.381 e. The van der Waals surface area contributed by atoms with Crippen LogP contribution in [0.15, 0.2) is 24.3 Å². The zero-order chi connectivity index (χ0) is 13.2. The van der Waals surface area contributed by atoms with Gasteiger partial charge in [-0.05, 0) is 36.4 Å². The van der Waals surface area contributed by atoms with Crippen LogP contribution in [0.1, 0.15) is 38.3 Å². The van der Waals surface area contributed by atoms with E-state index in [1.54, 1.807) is 0 Å². The first kappa shape index (κ1) is 15.2. The van der Waals surface area contributed by atoms with E-state index >= 15 is 0 Å². The molecule has 0 aliphatic rings. The first-order chi connectivity index (χ1) is 8.74. The van der Waals surface area contributed by atoms with Gasteiger partial charge in [-0.3, -0.25) is 0 Å². The topological polar surface area (TPSA) is 21.3 Å². The van der Waals surface area contributed by atoms with E-state index in [0.717, 1.165) is 39.1 Å². The number of rotatable bonds is 9. The Kier molecular flexibility index (Phi) is 7.70. The van der Waals surface area contributed by atoms with Gasteiger partial charge in [0.1, 0.15) is 0 Å². The molecule has 0 aliphatic heterocycles. The summed E-state index contributed by atoms with van der Waals surface area (Å²) in [6, 6.07) is 8.65. The predicted molar refractivity (Wildman–Crippen MR) is 77.8 cm³/mol. The second-order valence-electron chi connectivity index (χ2n) is 5.12. The van der Waals surface area contributed by atoms with E-state index in [4.69, 9.17) is 4.74 Å². The van der Waals surface area contributed by atoms with Crippen molar-refractivity contribution in [2.45, 2.75) is 40.2 Å². The van der Waals surface area contributed by atoms with Gasteiger partial charge in [-0.25, -0.2) is 0 Å². The molecule has 0 atom stereocenters. The molecule has 0 amide bonds. The van der Waals surface area contributed by atoms with Crippen molar-refractivity contribution in [3.05, 3.63) is 35.4 Å². The molecule has 0 aliphatic carbocycles. The molecule has 0 fully saturated rings. The van der Waals surface area contributed by atoms with Crippen LogP contribution in [0, 0.1) is 5.92 Å². The number of hydrogen-bond acceptors (Lipinski definition) is 2. The van der Waals surface area contributed by atoms with Crippen molar-refractivity contribution in [1.29, 1.82) is 0 Å². The number of hydrogen-bond donors (Lipinski definition) is 1. The fourth-order valence-corrected chi connectivity index (χ4v) is 1.92. The van der Waals surface area contributed by atoms with Crippen molar-refractivity contribution in [2.24, 2.45) is 5.92 Å². The summed E-state index contributed by atoms with van der Waals surface area (Å²) < 4.78 is 5.55. The molecule has 1 aromatic carbocycles. The molecule has 1 aromatic rings. The molecule has 2 heteroatoms. The minimum atomic E-state index is 0.634. The zero-order valence-electron chi connectivity index (χ0n) is 12.0. The van der Waals surface area contributed by atoms with Gasteiger partial charge in [0.2, 0.25) is 0 Å². The standard InChI is InChI=1S/C16H27NO/c1-4-15-8-5-6-9-16(15)12-17-10-7-11-18-13-14(2)3/h5-6,8-9,14,17H,4,7,10-13H2,1-3H3. The second kappa shape index (κ2) is 9.12. The average molecular weight is 249 g/mol. The average Bonchev–Trinajstić information content (AvgIpc) is 2.37.